The van der Waals surface area contributed by atoms with Crippen molar-refractivity contribution in [1.29, 1.82) is 0 Å². The van der Waals surface area contributed by atoms with E-state index in [0.717, 1.165) is 18.3 Å². The Kier molecular flexibility index (Phi) is 5.91. The molecule has 1 aromatic rings. The number of thioether (sulfide) groups is 1. The summed E-state index contributed by atoms with van der Waals surface area (Å²) < 4.78 is 0. The molecule has 0 aliphatic heterocycles. The third-order valence-corrected chi connectivity index (χ3v) is 3.15. The molecule has 0 N–H and O–H groups in total. The van der Waals surface area contributed by atoms with Crippen molar-refractivity contribution in [3.8, 4) is 0 Å². The maximum Gasteiger partial charge on any atom is 0.195 e. The Balaban J connectivity index is 2.38. The van der Waals surface area contributed by atoms with Gasteiger partial charge in [-0.25, -0.2) is 0 Å². The van der Waals surface area contributed by atoms with Crippen LogP contribution >= 0.6 is 11.8 Å². The Morgan fingerprint density at radius 2 is 1.65 bits per heavy atom. The van der Waals surface area contributed by atoms with E-state index in [1.54, 1.807) is 0 Å². The summed E-state index contributed by atoms with van der Waals surface area (Å²) in [5, 5.41) is 0. The minimum atomic E-state index is 0.839. The fourth-order valence-corrected chi connectivity index (χ4v) is 2.28. The van der Waals surface area contributed by atoms with Crippen LogP contribution in [0.4, 0.5) is 0 Å². The number of nitrogens with zero attached hydrogens (tertiary/aromatic N) is 3. The van der Waals surface area contributed by atoms with Gasteiger partial charge in [0.1, 0.15) is 0 Å². The molecule has 0 heterocycles. The molecule has 1 rings (SSSR count). The molecule has 17 heavy (non-hydrogen) atoms. The first kappa shape index (κ1) is 13.9. The summed E-state index contributed by atoms with van der Waals surface area (Å²) in [6.07, 6.45) is 0. The van der Waals surface area contributed by atoms with Crippen LogP contribution in [-0.4, -0.2) is 56.2 Å². The molecular weight excluding hydrogens is 230 g/mol. The van der Waals surface area contributed by atoms with Gasteiger partial charge in [0, 0.05) is 38.8 Å². The number of hydrogen-bond acceptors (Lipinski definition) is 2. The van der Waals surface area contributed by atoms with Gasteiger partial charge in [0.15, 0.2) is 5.96 Å². The maximum atomic E-state index is 4.59. The van der Waals surface area contributed by atoms with Gasteiger partial charge in [-0.1, -0.05) is 18.2 Å². The monoisotopic (exact) mass is 251 g/mol. The molecule has 1 aromatic carbocycles. The fourth-order valence-electron chi connectivity index (χ4n) is 1.51. The van der Waals surface area contributed by atoms with Crippen molar-refractivity contribution in [2.24, 2.45) is 4.99 Å². The van der Waals surface area contributed by atoms with E-state index in [2.05, 4.69) is 29.3 Å². The average molecular weight is 251 g/mol. The normalized spacial score (nSPS) is 9.88. The standard InChI is InChI=1S/C13H21N3S/c1-15(2)13(16(3)4)14-10-11-17-12-8-6-5-7-9-12/h5-9H,10-11H2,1-4H3. The molecule has 0 saturated heterocycles. The summed E-state index contributed by atoms with van der Waals surface area (Å²) in [7, 11) is 8.07. The second kappa shape index (κ2) is 7.22. The highest BCUT2D eigenvalue weighted by atomic mass is 32.2. The SMILES string of the molecule is CN(C)C(=NCCSc1ccccc1)N(C)C. The Hall–Kier alpha value is -1.16. The predicted molar refractivity (Wildman–Crippen MR) is 76.8 cm³/mol. The van der Waals surface area contributed by atoms with Gasteiger partial charge in [-0.05, 0) is 12.1 Å². The quantitative estimate of drug-likeness (QED) is 0.354. The van der Waals surface area contributed by atoms with Gasteiger partial charge in [0.05, 0.1) is 6.54 Å². The van der Waals surface area contributed by atoms with Crippen LogP contribution in [-0.2, 0) is 0 Å². The van der Waals surface area contributed by atoms with Crippen molar-refractivity contribution in [2.45, 2.75) is 4.90 Å². The van der Waals surface area contributed by atoms with Gasteiger partial charge < -0.3 is 9.80 Å². The van der Waals surface area contributed by atoms with Crippen LogP contribution < -0.4 is 0 Å². The highest BCUT2D eigenvalue weighted by Crippen LogP contribution is 2.16. The topological polar surface area (TPSA) is 18.8 Å². The summed E-state index contributed by atoms with van der Waals surface area (Å²) in [6, 6.07) is 10.4. The van der Waals surface area contributed by atoms with Gasteiger partial charge in [-0.3, -0.25) is 4.99 Å². The summed E-state index contributed by atoms with van der Waals surface area (Å²) in [6.45, 7) is 0.839. The molecule has 0 aliphatic rings. The van der Waals surface area contributed by atoms with Gasteiger partial charge in [-0.15, -0.1) is 11.8 Å². The zero-order valence-electron chi connectivity index (χ0n) is 11.1. The van der Waals surface area contributed by atoms with Crippen LogP contribution in [0.2, 0.25) is 0 Å². The molecule has 0 bridgehead atoms. The fraction of sp³-hybridized carbons (Fsp3) is 0.462. The van der Waals surface area contributed by atoms with E-state index in [-0.39, 0.29) is 0 Å². The largest absolute Gasteiger partial charge is 0.349 e. The van der Waals surface area contributed by atoms with Crippen LogP contribution in [0.15, 0.2) is 40.2 Å². The Bertz CT molecular complexity index is 337. The predicted octanol–water partition coefficient (Wildman–Crippen LogP) is 2.26. The molecule has 0 radical (unpaired) electrons. The minimum absolute atomic E-state index is 0.839. The van der Waals surface area contributed by atoms with E-state index >= 15 is 0 Å². The van der Waals surface area contributed by atoms with Gasteiger partial charge in [-0.2, -0.15) is 0 Å². The van der Waals surface area contributed by atoms with E-state index in [4.69, 9.17) is 0 Å². The van der Waals surface area contributed by atoms with E-state index in [9.17, 15) is 0 Å². The summed E-state index contributed by atoms with van der Waals surface area (Å²) in [5.74, 6) is 2.02. The van der Waals surface area contributed by atoms with Crippen molar-refractivity contribution in [2.75, 3.05) is 40.5 Å². The van der Waals surface area contributed by atoms with E-state index in [1.165, 1.54) is 4.90 Å². The Morgan fingerprint density at radius 3 is 2.18 bits per heavy atom. The van der Waals surface area contributed by atoms with E-state index in [1.807, 2.05) is 55.8 Å². The average Bonchev–Trinajstić information content (AvgIpc) is 2.29. The molecule has 94 valence electrons. The van der Waals surface area contributed by atoms with Crippen molar-refractivity contribution in [3.05, 3.63) is 30.3 Å². The Labute approximate surface area is 109 Å². The second-order valence-electron chi connectivity index (χ2n) is 4.13. The van der Waals surface area contributed by atoms with Crippen LogP contribution in [0.5, 0.6) is 0 Å². The third-order valence-electron chi connectivity index (χ3n) is 2.16. The van der Waals surface area contributed by atoms with E-state index in [0.29, 0.717) is 0 Å². The van der Waals surface area contributed by atoms with Gasteiger partial charge in [0.25, 0.3) is 0 Å². The van der Waals surface area contributed by atoms with Gasteiger partial charge >= 0.3 is 0 Å². The number of aliphatic imine (C=N–C) groups is 1. The van der Waals surface area contributed by atoms with E-state index < -0.39 is 0 Å². The van der Waals surface area contributed by atoms with Crippen molar-refractivity contribution >= 4 is 17.7 Å². The molecule has 0 aliphatic carbocycles. The first-order valence-corrected chi connectivity index (χ1v) is 6.66. The zero-order valence-corrected chi connectivity index (χ0v) is 11.9. The molecular formula is C13H21N3S. The van der Waals surface area contributed by atoms with Crippen LogP contribution in [0.1, 0.15) is 0 Å². The molecule has 0 spiro atoms. The second-order valence-corrected chi connectivity index (χ2v) is 5.30. The van der Waals surface area contributed by atoms with Gasteiger partial charge in [0.2, 0.25) is 0 Å². The number of guanidine groups is 1. The molecule has 3 nitrogen and oxygen atoms in total. The lowest BCUT2D eigenvalue weighted by atomic mass is 10.4. The smallest absolute Gasteiger partial charge is 0.195 e. The van der Waals surface area contributed by atoms with Crippen LogP contribution in [0, 0.1) is 0 Å². The van der Waals surface area contributed by atoms with Crippen molar-refractivity contribution < 1.29 is 0 Å². The molecule has 0 atom stereocenters. The number of benzene rings is 1. The lowest BCUT2D eigenvalue weighted by molar-refractivity contribution is 0.480. The number of hydrogen-bond donors (Lipinski definition) is 0. The molecule has 0 fully saturated rings. The van der Waals surface area contributed by atoms with Crippen LogP contribution in [0.3, 0.4) is 0 Å². The van der Waals surface area contributed by atoms with Crippen molar-refractivity contribution in [3.63, 3.8) is 0 Å². The minimum Gasteiger partial charge on any atom is -0.349 e. The van der Waals surface area contributed by atoms with Crippen LogP contribution in [0.25, 0.3) is 0 Å². The third kappa shape index (κ3) is 5.13. The Morgan fingerprint density at radius 1 is 1.06 bits per heavy atom. The highest BCUT2D eigenvalue weighted by molar-refractivity contribution is 7.99. The maximum absolute atomic E-state index is 4.59. The molecule has 0 saturated carbocycles. The molecule has 0 amide bonds. The highest BCUT2D eigenvalue weighted by Gasteiger charge is 2.02. The number of rotatable bonds is 4. The molecule has 4 heteroatoms. The van der Waals surface area contributed by atoms with Crippen molar-refractivity contribution in [1.82, 2.24) is 9.80 Å². The first-order valence-electron chi connectivity index (χ1n) is 5.68. The molecule has 0 unspecified atom stereocenters. The summed E-state index contributed by atoms with van der Waals surface area (Å²) >= 11 is 1.84. The summed E-state index contributed by atoms with van der Waals surface area (Å²) in [4.78, 5) is 9.96. The summed E-state index contributed by atoms with van der Waals surface area (Å²) in [5.41, 5.74) is 0. The lowest BCUT2D eigenvalue weighted by Gasteiger charge is -2.22. The zero-order chi connectivity index (χ0) is 12.7. The first-order chi connectivity index (χ1) is 8.11. The molecule has 0 aromatic heterocycles. The lowest BCUT2D eigenvalue weighted by Crippen LogP contribution is -2.35.